The molecule has 0 aromatic carbocycles. The van der Waals surface area contributed by atoms with Gasteiger partial charge in [-0.25, -0.2) is 19.9 Å². The molecule has 8 atom stereocenters. The van der Waals surface area contributed by atoms with Crippen LogP contribution in [-0.4, -0.2) is 124 Å². The second-order valence-electron chi connectivity index (χ2n) is 17.5. The van der Waals surface area contributed by atoms with Crippen molar-refractivity contribution in [2.75, 3.05) is 13.2 Å². The van der Waals surface area contributed by atoms with Crippen molar-refractivity contribution in [3.05, 3.63) is 35.0 Å². The third kappa shape index (κ3) is 10.1. The number of fused-ring (bicyclic) bond motifs is 2. The van der Waals surface area contributed by atoms with Crippen molar-refractivity contribution in [2.24, 2.45) is 4.99 Å². The number of aromatic nitrogens is 6. The molecular formula is C37H57N7O10. The van der Waals surface area contributed by atoms with Crippen molar-refractivity contribution in [1.82, 2.24) is 29.1 Å². The lowest BCUT2D eigenvalue weighted by Gasteiger charge is -2.30. The summed E-state index contributed by atoms with van der Waals surface area (Å²) >= 11 is 0. The third-order valence-electron chi connectivity index (χ3n) is 8.24. The van der Waals surface area contributed by atoms with E-state index in [9.17, 15) is 19.8 Å². The van der Waals surface area contributed by atoms with Gasteiger partial charge in [0.25, 0.3) is 5.56 Å². The third-order valence-corrected chi connectivity index (χ3v) is 8.24. The number of rotatable bonds is 8. The van der Waals surface area contributed by atoms with Crippen molar-refractivity contribution in [2.45, 2.75) is 161 Å². The quantitative estimate of drug-likeness (QED) is 0.299. The van der Waals surface area contributed by atoms with Crippen LogP contribution in [0.1, 0.15) is 115 Å². The van der Waals surface area contributed by atoms with Crippen LogP contribution in [0.2, 0.25) is 0 Å². The minimum Gasteiger partial charge on any atom is -0.386 e. The van der Waals surface area contributed by atoms with Gasteiger partial charge in [-0.3, -0.25) is 18.7 Å². The van der Waals surface area contributed by atoms with Crippen LogP contribution in [0.4, 0.5) is 5.82 Å². The average Bonchev–Trinajstić information content (AvgIpc) is 3.75. The predicted octanol–water partition coefficient (Wildman–Crippen LogP) is 3.81. The number of carbonyl (C=O) groups excluding carboxylic acids is 1. The highest BCUT2D eigenvalue weighted by molar-refractivity contribution is 6.08. The van der Waals surface area contributed by atoms with E-state index in [1.54, 1.807) is 0 Å². The second kappa shape index (κ2) is 15.6. The molecule has 54 heavy (non-hydrogen) atoms. The first-order valence-electron chi connectivity index (χ1n) is 19.1. The number of aliphatic hydroxyl groups is 2. The average molecular weight is 763 g/mol. The highest BCUT2D eigenvalue weighted by atomic mass is 16.6. The molecule has 3 aromatic rings. The highest BCUT2D eigenvalue weighted by Crippen LogP contribution is 2.39. The number of nitrogens with zero attached hydrogens (tertiary/aromatic N) is 6. The lowest BCUT2D eigenvalue weighted by atomic mass is 10.1. The van der Waals surface area contributed by atoms with Crippen LogP contribution in [0.15, 0.2) is 28.7 Å². The summed E-state index contributed by atoms with van der Waals surface area (Å²) in [6.45, 7) is 23.3. The number of hydrogen-bond acceptors (Lipinski definition) is 14. The first-order valence-corrected chi connectivity index (χ1v) is 18.1. The molecule has 2 saturated heterocycles. The van der Waals surface area contributed by atoms with Crippen molar-refractivity contribution in [1.29, 1.82) is 0 Å². The lowest BCUT2D eigenvalue weighted by Crippen LogP contribution is -2.42. The molecule has 0 spiro atoms. The van der Waals surface area contributed by atoms with E-state index in [2.05, 4.69) is 24.9 Å². The Balaban J connectivity index is 0.000000214. The summed E-state index contributed by atoms with van der Waals surface area (Å²) in [5.41, 5.74) is -1.96. The molecule has 0 radical (unpaired) electrons. The Morgan fingerprint density at radius 3 is 1.78 bits per heavy atom. The van der Waals surface area contributed by atoms with Crippen LogP contribution in [0, 0.1) is 0 Å². The maximum absolute atomic E-state index is 12.1. The summed E-state index contributed by atoms with van der Waals surface area (Å²) in [6, 6.07) is 0. The number of aliphatic imine (C=N–C) groups is 1. The molecular weight excluding hydrogens is 703 g/mol. The van der Waals surface area contributed by atoms with Crippen molar-refractivity contribution in [3.63, 3.8) is 0 Å². The van der Waals surface area contributed by atoms with E-state index >= 15 is 0 Å². The summed E-state index contributed by atoms with van der Waals surface area (Å²) in [6.07, 6.45) is -4.16. The van der Waals surface area contributed by atoms with E-state index in [-0.39, 0.29) is 66.3 Å². The molecule has 17 nitrogen and oxygen atoms in total. The summed E-state index contributed by atoms with van der Waals surface area (Å²) in [7, 11) is 0. The molecule has 3 aliphatic heterocycles. The van der Waals surface area contributed by atoms with Gasteiger partial charge in [-0.1, -0.05) is 0 Å². The topological polar surface area (TPSA) is 207 Å². The van der Waals surface area contributed by atoms with E-state index in [0.29, 0.717) is 0 Å². The Kier molecular flexibility index (Phi) is 11.2. The second-order valence-corrected chi connectivity index (χ2v) is 17.5. The maximum atomic E-state index is 12.1. The van der Waals surface area contributed by atoms with Gasteiger partial charge in [0.15, 0.2) is 40.9 Å². The Morgan fingerprint density at radius 1 is 0.778 bits per heavy atom. The number of Topliss-reactive ketones (excluding diaryl/α,β-unsaturated/α-hetero) is 1. The number of ether oxygens (including phenoxy) is 6. The lowest BCUT2D eigenvalue weighted by molar-refractivity contribution is -0.138. The van der Waals surface area contributed by atoms with Crippen LogP contribution in [0.25, 0.3) is 11.2 Å². The first kappa shape index (κ1) is 38.8. The Morgan fingerprint density at radius 2 is 1.28 bits per heavy atom. The molecule has 2 fully saturated rings. The number of H-pyrrole nitrogens is 1. The minimum atomic E-state index is -1.10. The van der Waals surface area contributed by atoms with Crippen molar-refractivity contribution >= 4 is 29.0 Å². The maximum Gasteiger partial charge on any atom is 0.278 e. The van der Waals surface area contributed by atoms with Gasteiger partial charge < -0.3 is 43.6 Å². The number of carbonyl (C=O) groups is 1. The van der Waals surface area contributed by atoms with Gasteiger partial charge in [0.1, 0.15) is 39.4 Å². The Labute approximate surface area is 318 Å². The zero-order valence-electron chi connectivity index (χ0n) is 35.2. The summed E-state index contributed by atoms with van der Waals surface area (Å²) in [5, 5.41) is 22.0. The number of imidazole rings is 2. The smallest absolute Gasteiger partial charge is 0.278 e. The molecule has 0 bridgehead atoms. The number of aromatic amines is 1. The SMILES string of the molecule is [2H][13c]1nc2c(n1C1O[C@H](COC(C)(C)C)C(OC(C)(C)C)[C@H]1O)N=CCC2=O.[2H]c1nc2c(=O)[nH]cnc2n1C1O[C@H](COC(C)(C)C)C(OC(C)(C)C)[C@H]1O. The molecule has 0 amide bonds. The molecule has 4 unspecified atom stereocenters. The molecule has 0 aliphatic carbocycles. The number of aliphatic hydroxyl groups excluding tert-OH is 2. The fourth-order valence-corrected chi connectivity index (χ4v) is 6.01. The fraction of sp³-hybridized carbons (Fsp3) is 0.730. The zero-order chi connectivity index (χ0) is 41.7. The standard InChI is InChI=1S/C19H29N3O5.C18H28N4O5/c1-18(2,3)25-9-12-15(27-19(4,5)6)14(24)17(26-12)22-10-21-13-11(23)7-8-20-16(13)22;1-17(2,3)25-7-10-13(27-18(4,5)6)12(23)16(26-10)22-9-21-11-14(22)19-8-20-15(11)24/h8,10,12,14-15,17,24H,7,9H2,1-6H3;8-10,12-13,16,23H,7H2,1-6H3,(H,19,20,24)/t12-,14-,15?,17?;10-,12-,13?,16?/m11/s1/i10+1D;9D. The van der Waals surface area contributed by atoms with Gasteiger partial charge in [-0.05, 0) is 83.1 Å². The first-order chi connectivity index (χ1) is 25.7. The van der Waals surface area contributed by atoms with Gasteiger partial charge in [-0.2, -0.15) is 0 Å². The van der Waals surface area contributed by atoms with Gasteiger partial charge in [0.2, 0.25) is 0 Å². The van der Waals surface area contributed by atoms with E-state index < -0.39 is 71.4 Å². The van der Waals surface area contributed by atoms with E-state index in [4.69, 9.17) is 31.2 Å². The molecule has 6 rings (SSSR count). The van der Waals surface area contributed by atoms with E-state index in [1.807, 2.05) is 83.1 Å². The monoisotopic (exact) mass is 762 g/mol. The number of nitrogens with one attached hydrogen (secondary N) is 1. The summed E-state index contributed by atoms with van der Waals surface area (Å²) in [5.74, 6) is 0.0250. The zero-order valence-corrected chi connectivity index (χ0v) is 33.2. The normalized spacial score (nSPS) is 28.2. The van der Waals surface area contributed by atoms with Gasteiger partial charge in [-0.15, -0.1) is 0 Å². The molecule has 6 heterocycles. The van der Waals surface area contributed by atoms with Crippen LogP contribution in [0.5, 0.6) is 0 Å². The molecule has 17 heteroatoms. The predicted molar refractivity (Wildman–Crippen MR) is 198 cm³/mol. The van der Waals surface area contributed by atoms with Crippen LogP contribution in [-0.2, 0) is 28.4 Å². The minimum absolute atomic E-state index is 0.0194. The van der Waals surface area contributed by atoms with Gasteiger partial charge >= 0.3 is 0 Å². The van der Waals surface area contributed by atoms with Crippen LogP contribution in [0.3, 0.4) is 0 Å². The fourth-order valence-electron chi connectivity index (χ4n) is 6.01. The molecule has 3 aliphatic rings. The van der Waals surface area contributed by atoms with Gasteiger partial charge in [0.05, 0.1) is 54.6 Å². The van der Waals surface area contributed by atoms with E-state index in [1.165, 1.54) is 21.7 Å². The molecule has 300 valence electrons. The van der Waals surface area contributed by atoms with Crippen LogP contribution >= 0.6 is 0 Å². The summed E-state index contributed by atoms with van der Waals surface area (Å²) < 4.78 is 55.0. The largest absolute Gasteiger partial charge is 0.386 e. The van der Waals surface area contributed by atoms with E-state index in [0.717, 1.165) is 0 Å². The number of ketones is 1. The highest BCUT2D eigenvalue weighted by Gasteiger charge is 2.49. The molecule has 0 saturated carbocycles. The Bertz CT molecular complexity index is 1950. The number of hydrogen-bond donors (Lipinski definition) is 3. The van der Waals surface area contributed by atoms with Crippen molar-refractivity contribution in [3.8, 4) is 0 Å². The van der Waals surface area contributed by atoms with Crippen molar-refractivity contribution < 1.29 is 46.2 Å². The molecule has 3 aromatic heterocycles. The summed E-state index contributed by atoms with van der Waals surface area (Å²) in [4.78, 5) is 42.8. The van der Waals surface area contributed by atoms with Crippen LogP contribution < -0.4 is 5.56 Å². The molecule has 3 N–H and O–H groups in total. The Hall–Kier alpha value is -3.42. The van der Waals surface area contributed by atoms with Gasteiger partial charge in [0, 0.05) is 12.6 Å².